The highest BCUT2D eigenvalue weighted by Crippen LogP contribution is 2.43. The minimum atomic E-state index is 0.588. The summed E-state index contributed by atoms with van der Waals surface area (Å²) >= 11 is 0. The zero-order valence-electron chi connectivity index (χ0n) is 29.6. The molecule has 8 aromatic carbocycles. The van der Waals surface area contributed by atoms with E-state index in [-0.39, 0.29) is 0 Å². The Balaban J connectivity index is 1.13. The van der Waals surface area contributed by atoms with Crippen molar-refractivity contribution in [3.05, 3.63) is 188 Å². The molecule has 4 nitrogen and oxygen atoms in total. The van der Waals surface area contributed by atoms with Crippen molar-refractivity contribution in [3.63, 3.8) is 0 Å². The third-order valence-electron chi connectivity index (χ3n) is 10.2. The van der Waals surface area contributed by atoms with E-state index in [1.165, 1.54) is 22.3 Å². The van der Waals surface area contributed by atoms with Gasteiger partial charge >= 0.3 is 0 Å². The molecule has 0 fully saturated rings. The van der Waals surface area contributed by atoms with Gasteiger partial charge < -0.3 is 4.42 Å². The highest BCUT2D eigenvalue weighted by atomic mass is 16.3. The number of rotatable bonds is 6. The van der Waals surface area contributed by atoms with Crippen LogP contribution in [0.3, 0.4) is 0 Å². The highest BCUT2D eigenvalue weighted by Gasteiger charge is 2.19. The van der Waals surface area contributed by atoms with Gasteiger partial charge in [-0.15, -0.1) is 0 Å². The second kappa shape index (κ2) is 13.1. The molecule has 0 radical (unpaired) electrons. The average Bonchev–Trinajstić information content (AvgIpc) is 3.63. The Morgan fingerprint density at radius 3 is 1.65 bits per heavy atom. The molecule has 2 heterocycles. The molecule has 254 valence electrons. The Kier molecular flexibility index (Phi) is 7.66. The Hall–Kier alpha value is -7.17. The van der Waals surface area contributed by atoms with Gasteiger partial charge in [0.05, 0.1) is 0 Å². The predicted molar refractivity (Wildman–Crippen MR) is 222 cm³/mol. The van der Waals surface area contributed by atoms with Crippen molar-refractivity contribution in [1.29, 1.82) is 0 Å². The predicted octanol–water partition coefficient (Wildman–Crippen LogP) is 13.2. The van der Waals surface area contributed by atoms with Gasteiger partial charge in [-0.3, -0.25) is 0 Å². The Morgan fingerprint density at radius 2 is 0.907 bits per heavy atom. The smallest absolute Gasteiger partial charge is 0.164 e. The zero-order chi connectivity index (χ0) is 36.0. The molecule has 0 saturated heterocycles. The summed E-state index contributed by atoms with van der Waals surface area (Å²) in [7, 11) is 0. The van der Waals surface area contributed by atoms with Crippen LogP contribution in [0.5, 0.6) is 0 Å². The molecule has 0 aliphatic carbocycles. The summed E-state index contributed by atoms with van der Waals surface area (Å²) in [5.41, 5.74) is 12.6. The molecule has 0 aliphatic heterocycles. The number of fused-ring (bicyclic) bond motifs is 5. The van der Waals surface area contributed by atoms with Gasteiger partial charge in [-0.1, -0.05) is 163 Å². The number of furan rings is 1. The summed E-state index contributed by atoms with van der Waals surface area (Å²) in [4.78, 5) is 15.1. The van der Waals surface area contributed by atoms with Crippen molar-refractivity contribution in [3.8, 4) is 67.5 Å². The van der Waals surface area contributed by atoms with Crippen molar-refractivity contribution >= 4 is 32.7 Å². The average molecular weight is 692 g/mol. The fourth-order valence-electron chi connectivity index (χ4n) is 7.46. The third kappa shape index (κ3) is 5.71. The van der Waals surface area contributed by atoms with Gasteiger partial charge in [0.2, 0.25) is 0 Å². The molecule has 4 heteroatoms. The van der Waals surface area contributed by atoms with Crippen LogP contribution in [-0.4, -0.2) is 15.0 Å². The quantitative estimate of drug-likeness (QED) is 0.174. The molecule has 10 aromatic rings. The fraction of sp³-hybridized carbons (Fsp3) is 0.0200. The highest BCUT2D eigenvalue weighted by molar-refractivity contribution is 6.21. The normalized spacial score (nSPS) is 11.4. The number of benzene rings is 8. The monoisotopic (exact) mass is 691 g/mol. The molecule has 0 bridgehead atoms. The van der Waals surface area contributed by atoms with Crippen LogP contribution in [0, 0.1) is 6.92 Å². The Morgan fingerprint density at radius 1 is 0.370 bits per heavy atom. The van der Waals surface area contributed by atoms with E-state index in [2.05, 4.69) is 159 Å². The van der Waals surface area contributed by atoms with Gasteiger partial charge in [-0.2, -0.15) is 0 Å². The van der Waals surface area contributed by atoms with Gasteiger partial charge in [0, 0.05) is 32.8 Å². The standard InChI is InChI=1S/C50H33N3O/c1-32-12-10-18-37(28-32)34-22-24-36(25-23-34)49-51-48(35-15-6-3-7-16-35)52-50(53-49)41-26-27-43-45(31-41)54-47-42-21-9-8-17-40(42)30-44(46(43)47)39-20-11-19-38(29-39)33-13-4-2-5-14-33/h2-31H,1H3. The van der Waals surface area contributed by atoms with Gasteiger partial charge in [0.1, 0.15) is 11.2 Å². The van der Waals surface area contributed by atoms with E-state index in [1.54, 1.807) is 0 Å². The maximum atomic E-state index is 6.83. The van der Waals surface area contributed by atoms with Crippen molar-refractivity contribution in [2.45, 2.75) is 6.92 Å². The molecule has 0 aliphatic rings. The van der Waals surface area contributed by atoms with E-state index >= 15 is 0 Å². The molecule has 0 amide bonds. The van der Waals surface area contributed by atoms with Crippen molar-refractivity contribution < 1.29 is 4.42 Å². The molecule has 2 aromatic heterocycles. The summed E-state index contributed by atoms with van der Waals surface area (Å²) in [6.07, 6.45) is 0. The first kappa shape index (κ1) is 31.6. The van der Waals surface area contributed by atoms with E-state index in [4.69, 9.17) is 19.4 Å². The number of hydrogen-bond donors (Lipinski definition) is 0. The molecular weight excluding hydrogens is 659 g/mol. The molecule has 0 N–H and O–H groups in total. The van der Waals surface area contributed by atoms with E-state index in [9.17, 15) is 0 Å². The van der Waals surface area contributed by atoms with E-state index in [1.807, 2.05) is 30.3 Å². The second-order valence-corrected chi connectivity index (χ2v) is 13.7. The SMILES string of the molecule is Cc1cccc(-c2ccc(-c3nc(-c4ccccc4)nc(-c4ccc5c(c4)oc4c6ccccc6cc(-c6cccc(-c7ccccc7)c6)c54)n3)cc2)c1. The summed E-state index contributed by atoms with van der Waals surface area (Å²) in [6, 6.07) is 63.4. The first-order chi connectivity index (χ1) is 26.6. The molecule has 0 atom stereocenters. The zero-order valence-corrected chi connectivity index (χ0v) is 29.6. The third-order valence-corrected chi connectivity index (χ3v) is 10.2. The molecule has 54 heavy (non-hydrogen) atoms. The minimum Gasteiger partial charge on any atom is -0.455 e. The summed E-state index contributed by atoms with van der Waals surface area (Å²) in [5.74, 6) is 1.82. The van der Waals surface area contributed by atoms with Crippen LogP contribution < -0.4 is 0 Å². The lowest BCUT2D eigenvalue weighted by Crippen LogP contribution is -2.00. The van der Waals surface area contributed by atoms with E-state index in [0.717, 1.165) is 66.1 Å². The second-order valence-electron chi connectivity index (χ2n) is 13.7. The molecule has 10 rings (SSSR count). The summed E-state index contributed by atoms with van der Waals surface area (Å²) in [6.45, 7) is 2.12. The number of nitrogens with zero attached hydrogens (tertiary/aromatic N) is 3. The van der Waals surface area contributed by atoms with E-state index < -0.39 is 0 Å². The van der Waals surface area contributed by atoms with Gasteiger partial charge in [-0.25, -0.2) is 15.0 Å². The fourth-order valence-corrected chi connectivity index (χ4v) is 7.46. The van der Waals surface area contributed by atoms with Crippen molar-refractivity contribution in [2.75, 3.05) is 0 Å². The Bertz CT molecular complexity index is 2990. The molecule has 0 spiro atoms. The lowest BCUT2D eigenvalue weighted by Gasteiger charge is -2.10. The van der Waals surface area contributed by atoms with Crippen molar-refractivity contribution in [1.82, 2.24) is 15.0 Å². The van der Waals surface area contributed by atoms with Gasteiger partial charge in [0.25, 0.3) is 0 Å². The first-order valence-corrected chi connectivity index (χ1v) is 18.2. The summed E-state index contributed by atoms with van der Waals surface area (Å²) < 4.78 is 6.83. The van der Waals surface area contributed by atoms with E-state index in [0.29, 0.717) is 17.5 Å². The van der Waals surface area contributed by atoms with Gasteiger partial charge in [-0.05, 0) is 70.0 Å². The summed E-state index contributed by atoms with van der Waals surface area (Å²) in [5, 5.41) is 4.35. The van der Waals surface area contributed by atoms with Crippen LogP contribution in [0.2, 0.25) is 0 Å². The molecular formula is C50H33N3O. The molecule has 0 saturated carbocycles. The molecule has 0 unspecified atom stereocenters. The lowest BCUT2D eigenvalue weighted by atomic mass is 9.93. The maximum absolute atomic E-state index is 6.83. The van der Waals surface area contributed by atoms with Crippen LogP contribution in [0.1, 0.15) is 5.56 Å². The van der Waals surface area contributed by atoms with Gasteiger partial charge in [0.15, 0.2) is 17.5 Å². The maximum Gasteiger partial charge on any atom is 0.164 e. The minimum absolute atomic E-state index is 0.588. The van der Waals surface area contributed by atoms with Crippen LogP contribution in [0.15, 0.2) is 186 Å². The number of aromatic nitrogens is 3. The largest absolute Gasteiger partial charge is 0.455 e. The van der Waals surface area contributed by atoms with Crippen LogP contribution >= 0.6 is 0 Å². The van der Waals surface area contributed by atoms with Crippen molar-refractivity contribution in [2.24, 2.45) is 0 Å². The van der Waals surface area contributed by atoms with Crippen LogP contribution in [0.4, 0.5) is 0 Å². The lowest BCUT2D eigenvalue weighted by molar-refractivity contribution is 0.673. The van der Waals surface area contributed by atoms with Crippen LogP contribution in [0.25, 0.3) is 100 Å². The number of aryl methyl sites for hydroxylation is 1. The Labute approximate surface area is 313 Å². The number of hydrogen-bond acceptors (Lipinski definition) is 4. The topological polar surface area (TPSA) is 51.8 Å². The van der Waals surface area contributed by atoms with Crippen LogP contribution in [-0.2, 0) is 0 Å². The first-order valence-electron chi connectivity index (χ1n) is 18.2.